The predicted octanol–water partition coefficient (Wildman–Crippen LogP) is 3.60. The van der Waals surface area contributed by atoms with Crippen LogP contribution in [0.4, 0.5) is 0 Å². The molecule has 2 aromatic carbocycles. The van der Waals surface area contributed by atoms with Gasteiger partial charge in [-0.25, -0.2) is 18.7 Å². The van der Waals surface area contributed by atoms with Gasteiger partial charge in [0.15, 0.2) is 11.0 Å². The second-order valence-electron chi connectivity index (χ2n) is 7.25. The molecule has 4 aromatic rings. The van der Waals surface area contributed by atoms with Gasteiger partial charge < -0.3 is 13.9 Å². The van der Waals surface area contributed by atoms with Crippen LogP contribution in [0.3, 0.4) is 0 Å². The number of rotatable bonds is 6. The Morgan fingerprint density at radius 1 is 1.13 bits per heavy atom. The van der Waals surface area contributed by atoms with E-state index in [1.807, 2.05) is 31.2 Å². The highest BCUT2D eigenvalue weighted by Gasteiger charge is 2.23. The summed E-state index contributed by atoms with van der Waals surface area (Å²) in [5, 5.41) is 0.839. The number of methoxy groups -OCH3 is 1. The first-order valence-electron chi connectivity index (χ1n) is 10.3. The van der Waals surface area contributed by atoms with Gasteiger partial charge in [-0.05, 0) is 38.1 Å². The normalized spacial score (nSPS) is 11.2. The number of benzene rings is 2. The lowest BCUT2D eigenvalue weighted by Gasteiger charge is -2.07. The van der Waals surface area contributed by atoms with Gasteiger partial charge in [-0.1, -0.05) is 0 Å². The second-order valence-corrected chi connectivity index (χ2v) is 7.25. The highest BCUT2D eigenvalue weighted by molar-refractivity contribution is 5.93. The van der Waals surface area contributed by atoms with Crippen molar-refractivity contribution in [2.75, 3.05) is 13.7 Å². The molecule has 0 aliphatic carbocycles. The lowest BCUT2D eigenvalue weighted by atomic mass is 10.1. The summed E-state index contributed by atoms with van der Waals surface area (Å²) in [7, 11) is 1.57. The predicted molar refractivity (Wildman–Crippen MR) is 117 cm³/mol. The van der Waals surface area contributed by atoms with Crippen LogP contribution in [0, 0.1) is 6.92 Å². The van der Waals surface area contributed by atoms with E-state index in [1.54, 1.807) is 26.2 Å². The van der Waals surface area contributed by atoms with E-state index < -0.39 is 5.63 Å². The zero-order chi connectivity index (χ0) is 22.1. The quantitative estimate of drug-likeness (QED) is 0.270. The number of fused-ring (bicyclic) bond motifs is 2. The van der Waals surface area contributed by atoms with E-state index in [-0.39, 0.29) is 5.97 Å². The number of carbonyl (C=O) groups excluding carboxylic acids is 1. The molecule has 0 saturated carbocycles. The number of carbonyl (C=O) groups is 1. The third-order valence-electron chi connectivity index (χ3n) is 5.53. The molecule has 0 amide bonds. The molecule has 0 aliphatic heterocycles. The van der Waals surface area contributed by atoms with Crippen molar-refractivity contribution < 1.29 is 23.3 Å². The van der Waals surface area contributed by atoms with E-state index in [4.69, 9.17) is 13.9 Å². The molecule has 0 radical (unpaired) electrons. The topological polar surface area (TPSA) is 74.5 Å². The maximum atomic E-state index is 12.3. The fourth-order valence-corrected chi connectivity index (χ4v) is 4.04. The summed E-state index contributed by atoms with van der Waals surface area (Å²) in [5.74, 6) is 1.29. The molecule has 0 bridgehead atoms. The van der Waals surface area contributed by atoms with Crippen LogP contribution in [0.15, 0.2) is 51.7 Å². The van der Waals surface area contributed by atoms with Gasteiger partial charge in [-0.3, -0.25) is 0 Å². The minimum atomic E-state index is -0.416. The number of esters is 1. The van der Waals surface area contributed by atoms with Gasteiger partial charge in [-0.2, -0.15) is 0 Å². The molecule has 0 spiro atoms. The van der Waals surface area contributed by atoms with Crippen LogP contribution in [-0.2, 0) is 17.8 Å². The average molecular weight is 421 g/mol. The number of aromatic nitrogens is 2. The Labute approximate surface area is 179 Å². The first kappa shape index (κ1) is 20.7. The Hall–Kier alpha value is -3.61. The molecular weight excluding hydrogens is 396 g/mol. The Bertz CT molecular complexity index is 1350. The van der Waals surface area contributed by atoms with Crippen LogP contribution in [0.2, 0.25) is 0 Å². The SMILES string of the molecule is CCOC(=O)c1ccc2c(c1)n(Cc1cc(=O)oc3cc(OC)ccc13)c(C)[n+]2CC. The third-order valence-corrected chi connectivity index (χ3v) is 5.53. The minimum absolute atomic E-state index is 0.321. The number of hydrogen-bond acceptors (Lipinski definition) is 5. The van der Waals surface area contributed by atoms with E-state index >= 15 is 0 Å². The second kappa shape index (κ2) is 8.26. The molecule has 0 atom stereocenters. The molecule has 0 fully saturated rings. The smallest absolute Gasteiger partial charge is 0.338 e. The van der Waals surface area contributed by atoms with E-state index in [2.05, 4.69) is 16.1 Å². The van der Waals surface area contributed by atoms with Gasteiger partial charge in [-0.15, -0.1) is 0 Å². The molecular formula is C24H25N2O5+. The maximum absolute atomic E-state index is 12.3. The van der Waals surface area contributed by atoms with Crippen molar-refractivity contribution >= 4 is 28.0 Å². The maximum Gasteiger partial charge on any atom is 0.338 e. The molecule has 160 valence electrons. The lowest BCUT2D eigenvalue weighted by Crippen LogP contribution is -2.35. The van der Waals surface area contributed by atoms with E-state index in [9.17, 15) is 9.59 Å². The molecule has 4 rings (SSSR count). The molecule has 2 aromatic heterocycles. The minimum Gasteiger partial charge on any atom is -0.497 e. The van der Waals surface area contributed by atoms with Gasteiger partial charge in [0.2, 0.25) is 0 Å². The van der Waals surface area contributed by atoms with Gasteiger partial charge in [0.1, 0.15) is 17.9 Å². The number of hydrogen-bond donors (Lipinski definition) is 0. The third kappa shape index (κ3) is 3.67. The van der Waals surface area contributed by atoms with Crippen molar-refractivity contribution in [2.45, 2.75) is 33.9 Å². The molecule has 0 saturated heterocycles. The van der Waals surface area contributed by atoms with Gasteiger partial charge >= 0.3 is 11.6 Å². The highest BCUT2D eigenvalue weighted by atomic mass is 16.5. The molecule has 0 unspecified atom stereocenters. The molecule has 31 heavy (non-hydrogen) atoms. The number of ether oxygens (including phenoxy) is 2. The highest BCUT2D eigenvalue weighted by Crippen LogP contribution is 2.25. The Balaban J connectivity index is 1.90. The Kier molecular flexibility index (Phi) is 5.50. The summed E-state index contributed by atoms with van der Waals surface area (Å²) in [6.07, 6.45) is 0. The largest absolute Gasteiger partial charge is 0.497 e. The van der Waals surface area contributed by atoms with Crippen LogP contribution in [0.5, 0.6) is 5.75 Å². The molecule has 0 aliphatic rings. The number of imidazole rings is 1. The van der Waals surface area contributed by atoms with E-state index in [0.717, 1.165) is 34.4 Å². The first-order chi connectivity index (χ1) is 15.0. The van der Waals surface area contributed by atoms with Crippen LogP contribution in [0.1, 0.15) is 35.6 Å². The zero-order valence-corrected chi connectivity index (χ0v) is 18.1. The lowest BCUT2D eigenvalue weighted by molar-refractivity contribution is -0.674. The van der Waals surface area contributed by atoms with Crippen LogP contribution in [-0.4, -0.2) is 24.3 Å². The Morgan fingerprint density at radius 3 is 2.65 bits per heavy atom. The Morgan fingerprint density at radius 2 is 1.94 bits per heavy atom. The van der Waals surface area contributed by atoms with Gasteiger partial charge in [0, 0.05) is 36.1 Å². The summed E-state index contributed by atoms with van der Waals surface area (Å²) < 4.78 is 20.1. The summed E-state index contributed by atoms with van der Waals surface area (Å²) in [6, 6.07) is 12.6. The van der Waals surface area contributed by atoms with Crippen molar-refractivity contribution in [2.24, 2.45) is 0 Å². The summed E-state index contributed by atoms with van der Waals surface area (Å²) in [4.78, 5) is 24.5. The van der Waals surface area contributed by atoms with Gasteiger partial charge in [0.05, 0.1) is 25.8 Å². The van der Waals surface area contributed by atoms with Crippen molar-refractivity contribution in [3.8, 4) is 5.75 Å². The standard InChI is InChI=1S/C24H25N2O5/c1-5-25-15(3)26(21-11-16(7-10-20(21)25)24(28)30-6-2)14-17-12-23(27)31-22-13-18(29-4)8-9-19(17)22/h7-13H,5-6,14H2,1-4H3/q+1. The fourth-order valence-electron chi connectivity index (χ4n) is 4.04. The summed E-state index contributed by atoms with van der Waals surface area (Å²) in [6.45, 7) is 7.45. The number of aryl methyl sites for hydroxylation is 1. The monoisotopic (exact) mass is 421 g/mol. The van der Waals surface area contributed by atoms with Gasteiger partial charge in [0.25, 0.3) is 5.82 Å². The van der Waals surface area contributed by atoms with E-state index in [0.29, 0.717) is 30.0 Å². The fraction of sp³-hybridized carbons (Fsp3) is 0.292. The van der Waals surface area contributed by atoms with Crippen molar-refractivity contribution in [1.82, 2.24) is 4.57 Å². The summed E-state index contributed by atoms with van der Waals surface area (Å²) >= 11 is 0. The van der Waals surface area contributed by atoms with E-state index in [1.165, 1.54) is 6.07 Å². The van der Waals surface area contributed by atoms with Crippen molar-refractivity contribution in [1.29, 1.82) is 0 Å². The average Bonchev–Trinajstić information content (AvgIpc) is 3.03. The van der Waals surface area contributed by atoms with Crippen LogP contribution >= 0.6 is 0 Å². The molecule has 2 heterocycles. The number of nitrogens with zero attached hydrogens (tertiary/aromatic N) is 2. The molecule has 7 nitrogen and oxygen atoms in total. The first-order valence-corrected chi connectivity index (χ1v) is 10.3. The van der Waals surface area contributed by atoms with Crippen molar-refractivity contribution in [3.63, 3.8) is 0 Å². The molecule has 7 heteroatoms. The zero-order valence-electron chi connectivity index (χ0n) is 18.1. The van der Waals surface area contributed by atoms with Crippen molar-refractivity contribution in [3.05, 3.63) is 69.8 Å². The summed E-state index contributed by atoms with van der Waals surface area (Å²) in [5.41, 5.74) is 3.31. The van der Waals surface area contributed by atoms with Crippen LogP contribution < -0.4 is 14.9 Å². The molecule has 0 N–H and O–H groups in total. The van der Waals surface area contributed by atoms with Crippen LogP contribution in [0.25, 0.3) is 22.0 Å².